The van der Waals surface area contributed by atoms with E-state index in [1.54, 1.807) is 12.1 Å². The van der Waals surface area contributed by atoms with Crippen LogP contribution in [0.5, 0.6) is 0 Å². The molecule has 1 heterocycles. The zero-order chi connectivity index (χ0) is 28.6. The Morgan fingerprint density at radius 2 is 1.27 bits per heavy atom. The van der Waals surface area contributed by atoms with E-state index in [1.807, 2.05) is 72.8 Å². The summed E-state index contributed by atoms with van der Waals surface area (Å²) in [5, 5.41) is 0. The number of hydrogen-bond acceptors (Lipinski definition) is 4. The van der Waals surface area contributed by atoms with Crippen molar-refractivity contribution in [3.63, 3.8) is 0 Å². The number of hydrogen-bond donors (Lipinski definition) is 0. The van der Waals surface area contributed by atoms with E-state index in [0.29, 0.717) is 11.1 Å². The molecule has 0 saturated carbocycles. The zero-order valence-corrected chi connectivity index (χ0v) is 25.0. The maximum absolute atomic E-state index is 14.1. The highest BCUT2D eigenvalue weighted by atomic mass is 127. The summed E-state index contributed by atoms with van der Waals surface area (Å²) < 4.78 is 6.51. The molecule has 0 unspecified atom stereocenters. The first kappa shape index (κ1) is 27.0. The van der Waals surface area contributed by atoms with Gasteiger partial charge in [0, 0.05) is 25.8 Å². The van der Waals surface area contributed by atoms with Gasteiger partial charge < -0.3 is 9.64 Å². The minimum atomic E-state index is -0.532. The third-order valence-corrected chi connectivity index (χ3v) is 8.63. The van der Waals surface area contributed by atoms with Gasteiger partial charge in [-0.15, -0.1) is 0 Å². The summed E-state index contributed by atoms with van der Waals surface area (Å²) in [5.41, 5.74) is 7.05. The van der Waals surface area contributed by atoms with Crippen molar-refractivity contribution in [2.24, 2.45) is 0 Å². The largest absolute Gasteiger partial charge is 0.457 e. The van der Waals surface area contributed by atoms with E-state index in [0.717, 1.165) is 26.2 Å². The molecule has 0 radical (unpaired) electrons. The number of ether oxygens (including phenoxy) is 1. The number of carbonyl (C=O) groups is 2. The molecule has 0 aliphatic carbocycles. The average molecular weight is 650 g/mol. The number of para-hydroxylation sites is 2. The first-order valence-corrected chi connectivity index (χ1v) is 14.6. The van der Waals surface area contributed by atoms with Crippen molar-refractivity contribution >= 4 is 51.4 Å². The molecule has 0 saturated heterocycles. The van der Waals surface area contributed by atoms with Gasteiger partial charge in [-0.2, -0.15) is 0 Å². The molecule has 4 nitrogen and oxygen atoms in total. The van der Waals surface area contributed by atoms with Gasteiger partial charge in [0.2, 0.25) is 0 Å². The fourth-order valence-electron chi connectivity index (χ4n) is 5.58. The summed E-state index contributed by atoms with van der Waals surface area (Å²) >= 11 is 2.16. The Labute approximate surface area is 253 Å². The number of carbonyl (C=O) groups excluding carboxylic acids is 2. The second-order valence-corrected chi connectivity index (χ2v) is 11.8. The zero-order valence-electron chi connectivity index (χ0n) is 22.8. The van der Waals surface area contributed by atoms with Gasteiger partial charge in [-0.05, 0) is 81.7 Å². The molecular weight excluding hydrogens is 621 g/mol. The minimum Gasteiger partial charge on any atom is -0.457 e. The maximum atomic E-state index is 14.1. The summed E-state index contributed by atoms with van der Waals surface area (Å²) in [5.74, 6) is -0.752. The fourth-order valence-corrected chi connectivity index (χ4v) is 6.21. The van der Waals surface area contributed by atoms with Gasteiger partial charge >= 0.3 is 5.97 Å². The lowest BCUT2D eigenvalue weighted by atomic mass is 9.73. The number of anilines is 3. The van der Waals surface area contributed by atoms with Crippen molar-refractivity contribution in [1.82, 2.24) is 0 Å². The van der Waals surface area contributed by atoms with Crippen LogP contribution in [0.1, 0.15) is 56.8 Å². The fraction of sp³-hybridized carbons (Fsp3) is 0.111. The van der Waals surface area contributed by atoms with Crippen molar-refractivity contribution < 1.29 is 14.3 Å². The summed E-state index contributed by atoms with van der Waals surface area (Å²) in [6.07, 6.45) is 0. The normalized spacial score (nSPS) is 13.2. The Balaban J connectivity index is 1.49. The monoisotopic (exact) mass is 649 g/mol. The van der Waals surface area contributed by atoms with Gasteiger partial charge in [-0.25, -0.2) is 4.79 Å². The molecule has 5 aromatic rings. The molecule has 0 amide bonds. The Bertz CT molecular complexity index is 1730. The van der Waals surface area contributed by atoms with E-state index in [4.69, 9.17) is 4.74 Å². The second-order valence-electron chi connectivity index (χ2n) is 10.6. The Morgan fingerprint density at radius 3 is 1.93 bits per heavy atom. The van der Waals surface area contributed by atoms with Crippen molar-refractivity contribution in [2.75, 3.05) is 4.90 Å². The van der Waals surface area contributed by atoms with Crippen molar-refractivity contribution in [3.05, 3.63) is 158 Å². The van der Waals surface area contributed by atoms with Crippen molar-refractivity contribution in [3.8, 4) is 0 Å². The van der Waals surface area contributed by atoms with Crippen LogP contribution >= 0.6 is 22.6 Å². The SMILES string of the molecule is CC1(C)c2ccccc2N(c2ccc(C(=O)OCc3ccccc3)c(C(=O)c3ccccc3I)c2)c2ccccc21. The second kappa shape index (κ2) is 11.0. The molecular formula is C36H28INO3. The average Bonchev–Trinajstić information content (AvgIpc) is 3.00. The van der Waals surface area contributed by atoms with Crippen LogP contribution in [-0.4, -0.2) is 11.8 Å². The maximum Gasteiger partial charge on any atom is 0.339 e. The third-order valence-electron chi connectivity index (χ3n) is 7.69. The molecule has 0 bridgehead atoms. The van der Waals surface area contributed by atoms with Gasteiger partial charge in [-0.3, -0.25) is 4.79 Å². The van der Waals surface area contributed by atoms with Gasteiger partial charge in [0.25, 0.3) is 0 Å². The highest BCUT2D eigenvalue weighted by Crippen LogP contribution is 2.51. The smallest absolute Gasteiger partial charge is 0.339 e. The van der Waals surface area contributed by atoms with E-state index >= 15 is 0 Å². The van der Waals surface area contributed by atoms with Crippen LogP contribution < -0.4 is 4.90 Å². The van der Waals surface area contributed by atoms with Crippen molar-refractivity contribution in [2.45, 2.75) is 25.9 Å². The molecule has 1 aliphatic heterocycles. The molecule has 5 heteroatoms. The molecule has 1 aliphatic rings. The van der Waals surface area contributed by atoms with E-state index in [1.165, 1.54) is 11.1 Å². The van der Waals surface area contributed by atoms with Crippen molar-refractivity contribution in [1.29, 1.82) is 0 Å². The topological polar surface area (TPSA) is 46.6 Å². The number of esters is 1. The summed E-state index contributed by atoms with van der Waals surface area (Å²) in [4.78, 5) is 29.7. The molecule has 0 aromatic heterocycles. The first-order valence-electron chi connectivity index (χ1n) is 13.5. The number of benzene rings is 5. The lowest BCUT2D eigenvalue weighted by Gasteiger charge is -2.42. The van der Waals surface area contributed by atoms with Crippen LogP contribution in [0.15, 0.2) is 121 Å². The first-order chi connectivity index (χ1) is 19.9. The van der Waals surface area contributed by atoms with E-state index in [-0.39, 0.29) is 23.4 Å². The van der Waals surface area contributed by atoms with Gasteiger partial charge in [0.1, 0.15) is 6.61 Å². The van der Waals surface area contributed by atoms with Gasteiger partial charge in [-0.1, -0.05) is 92.7 Å². The Hall–Kier alpha value is -4.23. The van der Waals surface area contributed by atoms with Crippen LogP contribution in [0.3, 0.4) is 0 Å². The van der Waals surface area contributed by atoms with Crippen LogP contribution in [0.2, 0.25) is 0 Å². The summed E-state index contributed by atoms with van der Waals surface area (Å²) in [7, 11) is 0. The predicted molar refractivity (Wildman–Crippen MR) is 171 cm³/mol. The highest BCUT2D eigenvalue weighted by molar-refractivity contribution is 14.1. The van der Waals surface area contributed by atoms with E-state index < -0.39 is 5.97 Å². The quantitative estimate of drug-likeness (QED) is 0.105. The Morgan fingerprint density at radius 1 is 0.683 bits per heavy atom. The van der Waals surface area contributed by atoms with Crippen LogP contribution in [0.25, 0.3) is 0 Å². The van der Waals surface area contributed by atoms with Crippen LogP contribution in [-0.2, 0) is 16.8 Å². The lowest BCUT2D eigenvalue weighted by molar-refractivity contribution is 0.0470. The van der Waals surface area contributed by atoms with Gasteiger partial charge in [0.15, 0.2) is 5.78 Å². The lowest BCUT2D eigenvalue weighted by Crippen LogP contribution is -2.30. The number of ketones is 1. The molecule has 41 heavy (non-hydrogen) atoms. The summed E-state index contributed by atoms with van der Waals surface area (Å²) in [6, 6.07) is 39.1. The molecule has 5 aromatic carbocycles. The van der Waals surface area contributed by atoms with E-state index in [9.17, 15) is 9.59 Å². The summed E-state index contributed by atoms with van der Waals surface area (Å²) in [6.45, 7) is 4.60. The Kier molecular flexibility index (Phi) is 7.22. The number of rotatable bonds is 6. The standard InChI is InChI=1S/C36H28INO3/c1-36(2)29-15-7-10-18-32(29)38(33-19-11-8-16-30(33)36)25-20-21-26(35(40)41-23-24-12-4-3-5-13-24)28(22-25)34(39)27-14-6-9-17-31(27)37/h3-22H,23H2,1-2H3. The molecule has 0 N–H and O–H groups in total. The van der Waals surface area contributed by atoms with Gasteiger partial charge in [0.05, 0.1) is 16.9 Å². The highest BCUT2D eigenvalue weighted by Gasteiger charge is 2.37. The predicted octanol–water partition coefficient (Wildman–Crippen LogP) is 8.99. The van der Waals surface area contributed by atoms with E-state index in [2.05, 4.69) is 77.7 Å². The third kappa shape index (κ3) is 4.95. The van der Waals surface area contributed by atoms with Crippen LogP contribution in [0.4, 0.5) is 17.1 Å². The number of fused-ring (bicyclic) bond motifs is 2. The number of nitrogens with zero attached hydrogens (tertiary/aromatic N) is 1. The van der Waals surface area contributed by atoms with Crippen LogP contribution in [0, 0.1) is 3.57 Å². The minimum absolute atomic E-state index is 0.125. The molecule has 0 atom stereocenters. The molecule has 202 valence electrons. The molecule has 0 fully saturated rings. The molecule has 6 rings (SSSR count). The number of halogens is 1. The molecule has 0 spiro atoms.